The number of halogens is 1. The maximum absolute atomic E-state index is 14.1. The fraction of sp³-hybridized carbons (Fsp3) is 0.409. The highest BCUT2D eigenvalue weighted by Crippen LogP contribution is 2.24. The predicted octanol–water partition coefficient (Wildman–Crippen LogP) is 5.57. The van der Waals surface area contributed by atoms with Gasteiger partial charge in [-0.2, -0.15) is 15.0 Å². The van der Waals surface area contributed by atoms with E-state index in [4.69, 9.17) is 4.74 Å². The number of methoxy groups -OCH3 is 1. The summed E-state index contributed by atoms with van der Waals surface area (Å²) in [6.45, 7) is 0.626. The van der Waals surface area contributed by atoms with Gasteiger partial charge in [0.15, 0.2) is 11.6 Å². The van der Waals surface area contributed by atoms with Crippen molar-refractivity contribution in [3.8, 4) is 5.75 Å². The number of thiophene rings is 1. The van der Waals surface area contributed by atoms with Gasteiger partial charge in [0, 0.05) is 22.7 Å². The van der Waals surface area contributed by atoms with Crippen LogP contribution in [-0.2, 0) is 6.54 Å². The predicted molar refractivity (Wildman–Crippen MR) is 123 cm³/mol. The molecular weight excluding hydrogens is 415 g/mol. The highest BCUT2D eigenvalue weighted by molar-refractivity contribution is 7.09. The Morgan fingerprint density at radius 3 is 2.52 bits per heavy atom. The first-order valence-corrected chi connectivity index (χ1v) is 11.5. The Morgan fingerprint density at radius 2 is 1.81 bits per heavy atom. The van der Waals surface area contributed by atoms with E-state index in [1.807, 2.05) is 11.4 Å². The summed E-state index contributed by atoms with van der Waals surface area (Å²) >= 11 is 1.67. The molecule has 1 fully saturated rings. The largest absolute Gasteiger partial charge is 0.494 e. The molecule has 1 aliphatic rings. The van der Waals surface area contributed by atoms with Crippen molar-refractivity contribution in [3.63, 3.8) is 0 Å². The number of ether oxygens (including phenoxy) is 1. The van der Waals surface area contributed by atoms with Crippen molar-refractivity contribution >= 4 is 34.9 Å². The minimum Gasteiger partial charge on any atom is -0.494 e. The lowest BCUT2D eigenvalue weighted by atomic mass is 10.1. The number of benzene rings is 1. The van der Waals surface area contributed by atoms with Gasteiger partial charge >= 0.3 is 0 Å². The molecule has 3 aromatic rings. The molecule has 2 aromatic heterocycles. The van der Waals surface area contributed by atoms with E-state index in [1.165, 1.54) is 43.7 Å². The first-order valence-electron chi connectivity index (χ1n) is 10.6. The molecule has 7 nitrogen and oxygen atoms in total. The van der Waals surface area contributed by atoms with Crippen molar-refractivity contribution in [1.82, 2.24) is 15.0 Å². The number of nitrogens with one attached hydrogen (secondary N) is 3. The highest BCUT2D eigenvalue weighted by Gasteiger charge is 2.15. The number of hydrogen-bond donors (Lipinski definition) is 3. The molecule has 0 atom stereocenters. The monoisotopic (exact) mass is 442 g/mol. The van der Waals surface area contributed by atoms with E-state index in [9.17, 15) is 4.39 Å². The Balaban J connectivity index is 1.54. The Bertz CT molecular complexity index is 976. The molecule has 0 spiro atoms. The van der Waals surface area contributed by atoms with Gasteiger partial charge in [-0.1, -0.05) is 31.7 Å². The lowest BCUT2D eigenvalue weighted by molar-refractivity contribution is 0.386. The normalized spacial score (nSPS) is 14.6. The van der Waals surface area contributed by atoms with Crippen LogP contribution < -0.4 is 20.7 Å². The minimum absolute atomic E-state index is 0.190. The lowest BCUT2D eigenvalue weighted by Crippen LogP contribution is -2.21. The van der Waals surface area contributed by atoms with E-state index in [0.717, 1.165) is 12.8 Å². The molecule has 0 bridgehead atoms. The van der Waals surface area contributed by atoms with E-state index in [0.29, 0.717) is 36.1 Å². The third kappa shape index (κ3) is 6.04. The molecule has 0 aliphatic heterocycles. The SMILES string of the molecule is COc1ccc(Nc2nc(NCc3cccs3)nc(NC3CCCCCC3)n2)cc1F. The first-order chi connectivity index (χ1) is 15.2. The zero-order valence-electron chi connectivity index (χ0n) is 17.5. The second-order valence-corrected chi connectivity index (χ2v) is 8.58. The lowest BCUT2D eigenvalue weighted by Gasteiger charge is -2.17. The molecule has 3 N–H and O–H groups in total. The summed E-state index contributed by atoms with van der Waals surface area (Å²) in [5.74, 6) is 1.08. The summed E-state index contributed by atoms with van der Waals surface area (Å²) < 4.78 is 19.1. The topological polar surface area (TPSA) is 84.0 Å². The van der Waals surface area contributed by atoms with Gasteiger partial charge in [0.2, 0.25) is 17.8 Å². The van der Waals surface area contributed by atoms with Crippen molar-refractivity contribution in [2.24, 2.45) is 0 Å². The Kier molecular flexibility index (Phi) is 7.14. The molecule has 1 aliphatic carbocycles. The van der Waals surface area contributed by atoms with Gasteiger partial charge in [-0.25, -0.2) is 4.39 Å². The van der Waals surface area contributed by atoms with Gasteiger partial charge < -0.3 is 20.7 Å². The minimum atomic E-state index is -0.450. The smallest absolute Gasteiger partial charge is 0.233 e. The van der Waals surface area contributed by atoms with Crippen molar-refractivity contribution in [3.05, 3.63) is 46.4 Å². The van der Waals surface area contributed by atoms with Crippen LogP contribution in [0.5, 0.6) is 5.75 Å². The molecule has 0 saturated heterocycles. The number of aromatic nitrogens is 3. The third-order valence-corrected chi connectivity index (χ3v) is 6.11. The van der Waals surface area contributed by atoms with Crippen LogP contribution in [-0.4, -0.2) is 28.1 Å². The van der Waals surface area contributed by atoms with Crippen LogP contribution in [0.15, 0.2) is 35.7 Å². The van der Waals surface area contributed by atoms with Crippen LogP contribution in [0.3, 0.4) is 0 Å². The summed E-state index contributed by atoms with van der Waals surface area (Å²) in [6.07, 6.45) is 7.19. The maximum Gasteiger partial charge on any atom is 0.233 e. The van der Waals surface area contributed by atoms with Crippen LogP contribution in [0.4, 0.5) is 27.9 Å². The summed E-state index contributed by atoms with van der Waals surface area (Å²) in [5, 5.41) is 11.9. The molecule has 0 radical (unpaired) electrons. The standard InChI is InChI=1S/C22H27FN6OS/c1-30-19-11-10-16(13-18(19)23)26-22-28-20(24-14-17-9-6-12-31-17)27-21(29-22)25-15-7-4-2-3-5-8-15/h6,9-13,15H,2-5,7-8,14H2,1H3,(H3,24,25,26,27,28,29). The second kappa shape index (κ2) is 10.4. The number of anilines is 4. The first kappa shape index (κ1) is 21.3. The molecule has 31 heavy (non-hydrogen) atoms. The van der Waals surface area contributed by atoms with Gasteiger partial charge in [0.1, 0.15) is 0 Å². The van der Waals surface area contributed by atoms with Gasteiger partial charge in [-0.3, -0.25) is 0 Å². The van der Waals surface area contributed by atoms with E-state index in [1.54, 1.807) is 23.5 Å². The van der Waals surface area contributed by atoms with Crippen LogP contribution in [0, 0.1) is 5.82 Å². The summed E-state index contributed by atoms with van der Waals surface area (Å²) in [4.78, 5) is 14.8. The van der Waals surface area contributed by atoms with E-state index in [-0.39, 0.29) is 5.75 Å². The average molecular weight is 443 g/mol. The molecule has 4 rings (SSSR count). The molecule has 1 saturated carbocycles. The molecular formula is C22H27FN6OS. The zero-order chi connectivity index (χ0) is 21.5. The Labute approximate surface area is 185 Å². The number of rotatable bonds is 8. The second-order valence-electron chi connectivity index (χ2n) is 7.55. The average Bonchev–Trinajstić information content (AvgIpc) is 3.16. The maximum atomic E-state index is 14.1. The zero-order valence-corrected chi connectivity index (χ0v) is 18.3. The summed E-state index contributed by atoms with van der Waals surface area (Å²) in [7, 11) is 1.44. The fourth-order valence-electron chi connectivity index (χ4n) is 3.63. The molecule has 164 valence electrons. The molecule has 0 amide bonds. The van der Waals surface area contributed by atoms with E-state index in [2.05, 4.69) is 37.0 Å². The summed E-state index contributed by atoms with van der Waals surface area (Å²) in [5.41, 5.74) is 0.536. The third-order valence-electron chi connectivity index (χ3n) is 5.23. The van der Waals surface area contributed by atoms with Gasteiger partial charge in [-0.05, 0) is 36.4 Å². The number of hydrogen-bond acceptors (Lipinski definition) is 8. The van der Waals surface area contributed by atoms with Crippen molar-refractivity contribution in [2.75, 3.05) is 23.1 Å². The van der Waals surface area contributed by atoms with Crippen molar-refractivity contribution in [2.45, 2.75) is 51.1 Å². The van der Waals surface area contributed by atoms with Crippen LogP contribution in [0.25, 0.3) is 0 Å². The summed E-state index contributed by atoms with van der Waals surface area (Å²) in [6, 6.07) is 9.07. The molecule has 1 aromatic carbocycles. The van der Waals surface area contributed by atoms with Gasteiger partial charge in [0.25, 0.3) is 0 Å². The molecule has 9 heteroatoms. The Hall–Kier alpha value is -2.94. The Morgan fingerprint density at radius 1 is 1.03 bits per heavy atom. The van der Waals surface area contributed by atoms with E-state index >= 15 is 0 Å². The molecule has 0 unspecified atom stereocenters. The number of nitrogens with zero attached hydrogens (tertiary/aromatic N) is 3. The van der Waals surface area contributed by atoms with Gasteiger partial charge in [0.05, 0.1) is 13.7 Å². The van der Waals surface area contributed by atoms with Crippen molar-refractivity contribution in [1.29, 1.82) is 0 Å². The fourth-order valence-corrected chi connectivity index (χ4v) is 4.28. The van der Waals surface area contributed by atoms with Crippen LogP contribution in [0.2, 0.25) is 0 Å². The molecule has 2 heterocycles. The van der Waals surface area contributed by atoms with Crippen LogP contribution >= 0.6 is 11.3 Å². The van der Waals surface area contributed by atoms with E-state index < -0.39 is 5.82 Å². The highest BCUT2D eigenvalue weighted by atomic mass is 32.1. The van der Waals surface area contributed by atoms with Crippen LogP contribution in [0.1, 0.15) is 43.4 Å². The van der Waals surface area contributed by atoms with Gasteiger partial charge in [-0.15, -0.1) is 11.3 Å². The van der Waals surface area contributed by atoms with Crippen molar-refractivity contribution < 1.29 is 9.13 Å². The quantitative estimate of drug-likeness (QED) is 0.393.